The predicted octanol–water partition coefficient (Wildman–Crippen LogP) is 3.19. The van der Waals surface area contributed by atoms with Crippen LogP contribution in [-0.2, 0) is 0 Å². The molecule has 4 nitrogen and oxygen atoms in total. The van der Waals surface area contributed by atoms with Gasteiger partial charge >= 0.3 is 0 Å². The SMILES string of the molecule is COc1ncccc1C(N)c1cc2cc(C)ccc2o1. The first-order valence-electron chi connectivity index (χ1n) is 6.43. The molecule has 2 aromatic heterocycles. The molecule has 2 N–H and O–H groups in total. The number of hydrogen-bond acceptors (Lipinski definition) is 4. The van der Waals surface area contributed by atoms with Gasteiger partial charge in [-0.1, -0.05) is 17.7 Å². The van der Waals surface area contributed by atoms with Crippen LogP contribution in [0.3, 0.4) is 0 Å². The second-order valence-electron chi connectivity index (χ2n) is 4.77. The third kappa shape index (κ3) is 2.14. The third-order valence-corrected chi connectivity index (χ3v) is 3.33. The van der Waals surface area contributed by atoms with E-state index < -0.39 is 6.04 Å². The molecule has 1 aromatic carbocycles. The summed E-state index contributed by atoms with van der Waals surface area (Å²) in [6.45, 7) is 2.05. The second-order valence-corrected chi connectivity index (χ2v) is 4.77. The van der Waals surface area contributed by atoms with Crippen LogP contribution in [0, 0.1) is 6.92 Å². The summed E-state index contributed by atoms with van der Waals surface area (Å²) in [5.41, 5.74) is 9.12. The van der Waals surface area contributed by atoms with Crippen molar-refractivity contribution in [1.29, 1.82) is 0 Å². The minimum atomic E-state index is -0.397. The maximum atomic E-state index is 6.28. The summed E-state index contributed by atoms with van der Waals surface area (Å²) in [5, 5.41) is 1.05. The highest BCUT2D eigenvalue weighted by Gasteiger charge is 2.18. The molecule has 0 aliphatic heterocycles. The minimum Gasteiger partial charge on any atom is -0.481 e. The number of furan rings is 1. The van der Waals surface area contributed by atoms with E-state index in [1.54, 1.807) is 13.3 Å². The molecule has 0 amide bonds. The van der Waals surface area contributed by atoms with E-state index in [2.05, 4.69) is 18.0 Å². The van der Waals surface area contributed by atoms with Gasteiger partial charge in [-0.25, -0.2) is 4.98 Å². The molecule has 0 radical (unpaired) electrons. The van der Waals surface area contributed by atoms with Gasteiger partial charge in [-0.05, 0) is 31.2 Å². The molecular formula is C16H16N2O2. The van der Waals surface area contributed by atoms with Crippen molar-refractivity contribution >= 4 is 11.0 Å². The van der Waals surface area contributed by atoms with Crippen molar-refractivity contribution in [2.24, 2.45) is 5.73 Å². The molecule has 1 unspecified atom stereocenters. The van der Waals surface area contributed by atoms with Gasteiger partial charge in [0.05, 0.1) is 13.2 Å². The number of hydrogen-bond donors (Lipinski definition) is 1. The zero-order valence-corrected chi connectivity index (χ0v) is 11.5. The zero-order valence-electron chi connectivity index (χ0n) is 11.5. The van der Waals surface area contributed by atoms with Crippen molar-refractivity contribution in [3.63, 3.8) is 0 Å². The van der Waals surface area contributed by atoms with E-state index in [9.17, 15) is 0 Å². The Morgan fingerprint density at radius 1 is 1.25 bits per heavy atom. The highest BCUT2D eigenvalue weighted by molar-refractivity contribution is 5.79. The quantitative estimate of drug-likeness (QED) is 0.792. The third-order valence-electron chi connectivity index (χ3n) is 3.33. The molecule has 0 spiro atoms. The molecule has 3 rings (SSSR count). The molecule has 4 heteroatoms. The molecule has 3 aromatic rings. The maximum Gasteiger partial charge on any atom is 0.218 e. The van der Waals surface area contributed by atoms with Gasteiger partial charge in [-0.15, -0.1) is 0 Å². The maximum absolute atomic E-state index is 6.28. The molecule has 0 saturated carbocycles. The zero-order chi connectivity index (χ0) is 14.1. The number of rotatable bonds is 3. The minimum absolute atomic E-state index is 0.397. The van der Waals surface area contributed by atoms with Crippen molar-refractivity contribution in [1.82, 2.24) is 4.98 Å². The highest BCUT2D eigenvalue weighted by Crippen LogP contribution is 2.30. The molecule has 20 heavy (non-hydrogen) atoms. The smallest absolute Gasteiger partial charge is 0.218 e. The number of pyridine rings is 1. The van der Waals surface area contributed by atoms with E-state index in [4.69, 9.17) is 14.9 Å². The Hall–Kier alpha value is -2.33. The number of aryl methyl sites for hydroxylation is 1. The number of benzene rings is 1. The molecule has 102 valence electrons. The fraction of sp³-hybridized carbons (Fsp3) is 0.188. The largest absolute Gasteiger partial charge is 0.481 e. The number of methoxy groups -OCH3 is 1. The summed E-state index contributed by atoms with van der Waals surface area (Å²) in [6, 6.07) is 11.4. The Morgan fingerprint density at radius 3 is 2.90 bits per heavy atom. The van der Waals surface area contributed by atoms with Crippen LogP contribution in [0.4, 0.5) is 0 Å². The van der Waals surface area contributed by atoms with Gasteiger partial charge in [0.25, 0.3) is 0 Å². The molecule has 0 bridgehead atoms. The second kappa shape index (κ2) is 4.98. The van der Waals surface area contributed by atoms with Gasteiger partial charge in [0, 0.05) is 17.1 Å². The Balaban J connectivity index is 2.05. The van der Waals surface area contributed by atoms with Crippen LogP contribution < -0.4 is 10.5 Å². The Kier molecular flexibility index (Phi) is 3.16. The Bertz CT molecular complexity index is 749. The van der Waals surface area contributed by atoms with Crippen molar-refractivity contribution in [2.75, 3.05) is 7.11 Å². The van der Waals surface area contributed by atoms with Crippen molar-refractivity contribution < 1.29 is 9.15 Å². The summed E-state index contributed by atoms with van der Waals surface area (Å²) in [7, 11) is 1.58. The fourth-order valence-electron chi connectivity index (χ4n) is 2.30. The average Bonchev–Trinajstić information content (AvgIpc) is 2.89. The lowest BCUT2D eigenvalue weighted by molar-refractivity contribution is 0.387. The van der Waals surface area contributed by atoms with E-state index in [0.717, 1.165) is 16.5 Å². The normalized spacial score (nSPS) is 12.6. The van der Waals surface area contributed by atoms with Crippen molar-refractivity contribution in [2.45, 2.75) is 13.0 Å². The summed E-state index contributed by atoms with van der Waals surface area (Å²) < 4.78 is 11.1. The molecule has 0 aliphatic rings. The van der Waals surface area contributed by atoms with Gasteiger partial charge in [0.1, 0.15) is 11.3 Å². The van der Waals surface area contributed by atoms with Crippen LogP contribution in [0.5, 0.6) is 5.88 Å². The van der Waals surface area contributed by atoms with Crippen LogP contribution in [0.25, 0.3) is 11.0 Å². The molecule has 0 saturated heterocycles. The number of nitrogens with two attached hydrogens (primary N) is 1. The predicted molar refractivity (Wildman–Crippen MR) is 77.8 cm³/mol. The van der Waals surface area contributed by atoms with Gasteiger partial charge in [0.15, 0.2) is 0 Å². The highest BCUT2D eigenvalue weighted by atomic mass is 16.5. The molecule has 0 fully saturated rings. The van der Waals surface area contributed by atoms with Crippen LogP contribution in [0.2, 0.25) is 0 Å². The van der Waals surface area contributed by atoms with Crippen molar-refractivity contribution in [3.8, 4) is 5.88 Å². The Morgan fingerprint density at radius 2 is 2.10 bits per heavy atom. The van der Waals surface area contributed by atoms with Crippen LogP contribution in [0.15, 0.2) is 47.0 Å². The monoisotopic (exact) mass is 268 g/mol. The van der Waals surface area contributed by atoms with Gasteiger partial charge in [0.2, 0.25) is 5.88 Å². The molecular weight excluding hydrogens is 252 g/mol. The number of ether oxygens (including phenoxy) is 1. The van der Waals surface area contributed by atoms with Crippen molar-refractivity contribution in [3.05, 3.63) is 59.5 Å². The van der Waals surface area contributed by atoms with E-state index in [0.29, 0.717) is 11.6 Å². The lowest BCUT2D eigenvalue weighted by Gasteiger charge is -2.12. The summed E-state index contributed by atoms with van der Waals surface area (Å²) >= 11 is 0. The first-order chi connectivity index (χ1) is 9.69. The number of fused-ring (bicyclic) bond motifs is 1. The van der Waals surface area contributed by atoms with Crippen LogP contribution >= 0.6 is 0 Å². The summed E-state index contributed by atoms with van der Waals surface area (Å²) in [4.78, 5) is 4.17. The fourth-order valence-corrected chi connectivity index (χ4v) is 2.30. The van der Waals surface area contributed by atoms with Crippen LogP contribution in [-0.4, -0.2) is 12.1 Å². The standard InChI is InChI=1S/C16H16N2O2/c1-10-5-6-13-11(8-10)9-14(20-13)15(17)12-4-3-7-18-16(12)19-2/h3-9,15H,17H2,1-2H3. The first-order valence-corrected chi connectivity index (χ1v) is 6.43. The molecule has 2 heterocycles. The molecule has 1 atom stereocenters. The van der Waals surface area contributed by atoms with Gasteiger partial charge < -0.3 is 14.9 Å². The van der Waals surface area contributed by atoms with E-state index in [-0.39, 0.29) is 0 Å². The molecule has 0 aliphatic carbocycles. The number of nitrogens with zero attached hydrogens (tertiary/aromatic N) is 1. The van der Waals surface area contributed by atoms with Gasteiger partial charge in [-0.3, -0.25) is 0 Å². The van der Waals surface area contributed by atoms with E-state index in [1.807, 2.05) is 30.3 Å². The summed E-state index contributed by atoms with van der Waals surface area (Å²) in [6.07, 6.45) is 1.68. The van der Waals surface area contributed by atoms with E-state index >= 15 is 0 Å². The lowest BCUT2D eigenvalue weighted by Crippen LogP contribution is -2.12. The topological polar surface area (TPSA) is 61.3 Å². The van der Waals surface area contributed by atoms with Gasteiger partial charge in [-0.2, -0.15) is 0 Å². The average molecular weight is 268 g/mol. The first kappa shape index (κ1) is 12.7. The summed E-state index contributed by atoms with van der Waals surface area (Å²) in [5.74, 6) is 1.23. The lowest BCUT2D eigenvalue weighted by atomic mass is 10.1. The Labute approximate surface area is 117 Å². The van der Waals surface area contributed by atoms with Crippen LogP contribution in [0.1, 0.15) is 22.9 Å². The van der Waals surface area contributed by atoms with E-state index in [1.165, 1.54) is 5.56 Å². The number of aromatic nitrogens is 1.